The van der Waals surface area contributed by atoms with Crippen LogP contribution in [0.15, 0.2) is 33.9 Å². The van der Waals surface area contributed by atoms with Gasteiger partial charge in [0.05, 0.1) is 18.6 Å². The molecule has 0 unspecified atom stereocenters. The molecule has 1 aliphatic heterocycles. The Labute approximate surface area is 202 Å². The van der Waals surface area contributed by atoms with Crippen LogP contribution in [0.2, 0.25) is 0 Å². The van der Waals surface area contributed by atoms with Crippen molar-refractivity contribution in [2.24, 2.45) is 12.8 Å². The molecule has 1 aromatic carbocycles. The number of hydrogen-bond acceptors (Lipinski definition) is 7. The zero-order valence-electron chi connectivity index (χ0n) is 20.2. The fraction of sp³-hybridized carbons (Fsp3) is 0.400. The molecular weight excluding hydrogens is 444 g/mol. The van der Waals surface area contributed by atoms with Crippen molar-refractivity contribution in [2.75, 3.05) is 18.0 Å². The molecule has 0 spiro atoms. The molecule has 1 aliphatic rings. The second-order valence-electron chi connectivity index (χ2n) is 8.92. The van der Waals surface area contributed by atoms with Gasteiger partial charge < -0.3 is 10.6 Å². The number of para-hydroxylation sites is 1. The largest absolute Gasteiger partial charge is 0.341 e. The van der Waals surface area contributed by atoms with Gasteiger partial charge in [-0.15, -0.1) is 5.92 Å². The minimum Gasteiger partial charge on any atom is -0.341 e. The van der Waals surface area contributed by atoms with Crippen LogP contribution in [0.1, 0.15) is 31.3 Å². The number of fused-ring (bicyclic) bond motifs is 2. The molecule has 1 saturated heterocycles. The van der Waals surface area contributed by atoms with Gasteiger partial charge in [0.25, 0.3) is 5.56 Å². The lowest BCUT2D eigenvalue weighted by Crippen LogP contribution is -2.44. The predicted molar refractivity (Wildman–Crippen MR) is 135 cm³/mol. The van der Waals surface area contributed by atoms with Gasteiger partial charge >= 0.3 is 5.69 Å². The minimum atomic E-state index is -0.468. The average Bonchev–Trinajstić information content (AvgIpc) is 3.24. The Morgan fingerprint density at radius 1 is 1.14 bits per heavy atom. The Morgan fingerprint density at radius 3 is 2.71 bits per heavy atom. The summed E-state index contributed by atoms with van der Waals surface area (Å²) in [5, 5.41) is 0.938. The molecule has 5 rings (SSSR count). The van der Waals surface area contributed by atoms with Crippen molar-refractivity contribution < 1.29 is 0 Å². The summed E-state index contributed by atoms with van der Waals surface area (Å²) in [7, 11) is 1.63. The van der Waals surface area contributed by atoms with Crippen LogP contribution in [0.4, 0.5) is 5.95 Å². The quantitative estimate of drug-likeness (QED) is 0.443. The molecule has 0 aliphatic carbocycles. The summed E-state index contributed by atoms with van der Waals surface area (Å²) in [6.45, 7) is 5.31. The second-order valence-corrected chi connectivity index (χ2v) is 8.92. The highest BCUT2D eigenvalue weighted by Gasteiger charge is 2.26. The standard InChI is InChI=1S/C25H28N8O2/c1-4-5-13-32-21-22(29-24(32)31-12-8-9-17(26)14-31)30(3)25(35)33(23(21)34)15-20-27-16(2)18-10-6-7-11-19(18)28-20/h6-7,10-11,17H,8-9,12-15,26H2,1-3H3/t17-/m0/s1. The summed E-state index contributed by atoms with van der Waals surface area (Å²) < 4.78 is 4.39. The second kappa shape index (κ2) is 9.00. The van der Waals surface area contributed by atoms with Crippen LogP contribution >= 0.6 is 0 Å². The lowest BCUT2D eigenvalue weighted by molar-refractivity contribution is 0.496. The highest BCUT2D eigenvalue weighted by atomic mass is 16.2. The number of benzene rings is 1. The number of aromatic nitrogens is 6. The number of piperidine rings is 1. The maximum Gasteiger partial charge on any atom is 0.332 e. The van der Waals surface area contributed by atoms with Gasteiger partial charge in [-0.1, -0.05) is 24.1 Å². The van der Waals surface area contributed by atoms with Gasteiger partial charge in [-0.3, -0.25) is 18.5 Å². The van der Waals surface area contributed by atoms with E-state index in [2.05, 4.69) is 26.7 Å². The molecule has 0 saturated carbocycles. The number of aryl methyl sites for hydroxylation is 2. The summed E-state index contributed by atoms with van der Waals surface area (Å²) in [4.78, 5) is 43.0. The molecule has 1 fully saturated rings. The molecule has 10 nitrogen and oxygen atoms in total. The number of imidazole rings is 1. The van der Waals surface area contributed by atoms with Crippen molar-refractivity contribution in [3.8, 4) is 11.8 Å². The van der Waals surface area contributed by atoms with Crippen molar-refractivity contribution in [1.82, 2.24) is 28.7 Å². The van der Waals surface area contributed by atoms with E-state index in [1.807, 2.05) is 31.2 Å². The molecule has 35 heavy (non-hydrogen) atoms. The van der Waals surface area contributed by atoms with Gasteiger partial charge in [-0.05, 0) is 32.8 Å². The first-order valence-electron chi connectivity index (χ1n) is 11.7. The zero-order chi connectivity index (χ0) is 24.7. The maximum atomic E-state index is 13.7. The zero-order valence-corrected chi connectivity index (χ0v) is 20.2. The summed E-state index contributed by atoms with van der Waals surface area (Å²) >= 11 is 0. The fourth-order valence-corrected chi connectivity index (χ4v) is 4.75. The Morgan fingerprint density at radius 2 is 1.94 bits per heavy atom. The third kappa shape index (κ3) is 3.98. The van der Waals surface area contributed by atoms with Gasteiger partial charge in [0.15, 0.2) is 11.2 Å². The maximum absolute atomic E-state index is 13.7. The van der Waals surface area contributed by atoms with E-state index in [-0.39, 0.29) is 19.1 Å². The molecule has 180 valence electrons. The monoisotopic (exact) mass is 472 g/mol. The van der Waals surface area contributed by atoms with E-state index in [4.69, 9.17) is 10.7 Å². The molecule has 2 N–H and O–H groups in total. The third-order valence-electron chi connectivity index (χ3n) is 6.51. The van der Waals surface area contributed by atoms with Crippen LogP contribution in [-0.4, -0.2) is 47.8 Å². The average molecular weight is 473 g/mol. The predicted octanol–water partition coefficient (Wildman–Crippen LogP) is 1.15. The van der Waals surface area contributed by atoms with Crippen LogP contribution in [0.25, 0.3) is 22.1 Å². The Hall–Kier alpha value is -3.97. The van der Waals surface area contributed by atoms with Gasteiger partial charge in [0.2, 0.25) is 5.95 Å². The molecule has 4 aromatic rings. The lowest BCUT2D eigenvalue weighted by atomic mass is 10.1. The number of anilines is 1. The Balaban J connectivity index is 1.69. The van der Waals surface area contributed by atoms with E-state index in [1.54, 1.807) is 18.5 Å². The Bertz CT molecular complexity index is 1620. The first-order chi connectivity index (χ1) is 16.9. The molecule has 1 atom stereocenters. The molecule has 0 bridgehead atoms. The lowest BCUT2D eigenvalue weighted by Gasteiger charge is -2.31. The normalized spacial score (nSPS) is 16.0. The smallest absolute Gasteiger partial charge is 0.332 e. The fourth-order valence-electron chi connectivity index (χ4n) is 4.75. The summed E-state index contributed by atoms with van der Waals surface area (Å²) in [6.07, 6.45) is 1.88. The van der Waals surface area contributed by atoms with E-state index in [1.165, 1.54) is 9.13 Å². The van der Waals surface area contributed by atoms with Crippen LogP contribution in [0.3, 0.4) is 0 Å². The number of hydrogen-bond donors (Lipinski definition) is 1. The van der Waals surface area contributed by atoms with Crippen molar-refractivity contribution >= 4 is 28.0 Å². The van der Waals surface area contributed by atoms with Crippen LogP contribution in [0.5, 0.6) is 0 Å². The van der Waals surface area contributed by atoms with Crippen molar-refractivity contribution in [3.05, 3.63) is 56.6 Å². The highest BCUT2D eigenvalue weighted by molar-refractivity contribution is 5.80. The van der Waals surface area contributed by atoms with Crippen molar-refractivity contribution in [3.63, 3.8) is 0 Å². The number of nitrogens with two attached hydrogens (primary N) is 1. The number of rotatable bonds is 4. The van der Waals surface area contributed by atoms with Gasteiger partial charge in [0.1, 0.15) is 5.82 Å². The van der Waals surface area contributed by atoms with Crippen molar-refractivity contribution in [2.45, 2.75) is 45.8 Å². The molecule has 3 aromatic heterocycles. The minimum absolute atomic E-state index is 0.0306. The number of nitrogens with zero attached hydrogens (tertiary/aromatic N) is 7. The topological polar surface area (TPSA) is 117 Å². The molecule has 4 heterocycles. The highest BCUT2D eigenvalue weighted by Crippen LogP contribution is 2.23. The van der Waals surface area contributed by atoms with E-state index in [0.29, 0.717) is 29.5 Å². The van der Waals surface area contributed by atoms with E-state index in [0.717, 1.165) is 36.0 Å². The van der Waals surface area contributed by atoms with Crippen molar-refractivity contribution in [1.29, 1.82) is 0 Å². The summed E-state index contributed by atoms with van der Waals surface area (Å²) in [5.41, 5.74) is 7.54. The van der Waals surface area contributed by atoms with Crippen LogP contribution in [-0.2, 0) is 20.1 Å². The van der Waals surface area contributed by atoms with Gasteiger partial charge in [-0.25, -0.2) is 14.8 Å². The van der Waals surface area contributed by atoms with Gasteiger partial charge in [0, 0.05) is 37.3 Å². The van der Waals surface area contributed by atoms with E-state index < -0.39 is 11.2 Å². The van der Waals surface area contributed by atoms with Crippen LogP contribution in [0, 0.1) is 18.8 Å². The summed E-state index contributed by atoms with van der Waals surface area (Å²) in [6, 6.07) is 7.71. The van der Waals surface area contributed by atoms with Crippen LogP contribution < -0.4 is 21.9 Å². The first-order valence-corrected chi connectivity index (χ1v) is 11.7. The molecular formula is C25H28N8O2. The summed E-state index contributed by atoms with van der Waals surface area (Å²) in [5.74, 6) is 6.96. The van der Waals surface area contributed by atoms with E-state index >= 15 is 0 Å². The SMILES string of the molecule is CC#CCn1c(N2CCC[C@H](N)C2)nc2c1c(=O)n(Cc1nc(C)c3ccccc3n1)c(=O)n2C. The molecule has 0 amide bonds. The van der Waals surface area contributed by atoms with Gasteiger partial charge in [-0.2, -0.15) is 4.98 Å². The Kier molecular flexibility index (Phi) is 5.86. The first kappa shape index (κ1) is 22.8. The third-order valence-corrected chi connectivity index (χ3v) is 6.51. The van der Waals surface area contributed by atoms with E-state index in [9.17, 15) is 9.59 Å². The molecule has 0 radical (unpaired) electrons. The molecule has 10 heteroatoms.